The quantitative estimate of drug-likeness (QED) is 0.492. The van der Waals surface area contributed by atoms with E-state index in [1.54, 1.807) is 13.2 Å². The van der Waals surface area contributed by atoms with E-state index in [1.165, 1.54) is 0 Å². The Morgan fingerprint density at radius 3 is 2.48 bits per heavy atom. The van der Waals surface area contributed by atoms with Gasteiger partial charge in [-0.25, -0.2) is 4.79 Å². The highest BCUT2D eigenvalue weighted by Gasteiger charge is 2.10. The van der Waals surface area contributed by atoms with Crippen LogP contribution >= 0.6 is 0 Å². The zero-order chi connectivity index (χ0) is 19.0. The lowest BCUT2D eigenvalue weighted by Gasteiger charge is -2.10. The fraction of sp³-hybridized carbons (Fsp3) is 0.318. The molecule has 0 aromatic heterocycles. The van der Waals surface area contributed by atoms with E-state index < -0.39 is 5.97 Å². The van der Waals surface area contributed by atoms with Crippen LogP contribution in [0, 0.1) is 13.8 Å². The lowest BCUT2D eigenvalue weighted by molar-refractivity contribution is -0.132. The van der Waals surface area contributed by atoms with Crippen LogP contribution < -0.4 is 4.74 Å². The molecule has 1 aromatic rings. The van der Waals surface area contributed by atoms with Crippen molar-refractivity contribution in [2.24, 2.45) is 0 Å². The maximum atomic E-state index is 11.6. The van der Waals surface area contributed by atoms with Gasteiger partial charge in [-0.1, -0.05) is 36.0 Å². The number of rotatable bonds is 8. The molecule has 1 aromatic carbocycles. The second kappa shape index (κ2) is 9.67. The van der Waals surface area contributed by atoms with E-state index in [-0.39, 0.29) is 0 Å². The minimum Gasteiger partial charge on any atom is -0.497 e. The van der Waals surface area contributed by atoms with E-state index in [0.29, 0.717) is 18.4 Å². The monoisotopic (exact) mass is 340 g/mol. The number of allylic oxidation sites excluding steroid dienone is 5. The summed E-state index contributed by atoms with van der Waals surface area (Å²) in [5.74, 6) is -0.148. The Hall–Kier alpha value is -2.55. The Labute approximate surface area is 151 Å². The van der Waals surface area contributed by atoms with Crippen molar-refractivity contribution in [1.82, 2.24) is 0 Å². The van der Waals surface area contributed by atoms with Crippen LogP contribution in [0.15, 0.2) is 53.7 Å². The molecule has 0 bridgehead atoms. The average molecular weight is 340 g/mol. The van der Waals surface area contributed by atoms with Crippen molar-refractivity contribution < 1.29 is 14.6 Å². The van der Waals surface area contributed by atoms with Gasteiger partial charge in [0.2, 0.25) is 0 Å². The molecule has 0 radical (unpaired) electrons. The number of hydrogen-bond donors (Lipinski definition) is 1. The summed E-state index contributed by atoms with van der Waals surface area (Å²) in [6.07, 6.45) is 8.80. The molecule has 134 valence electrons. The highest BCUT2D eigenvalue weighted by molar-refractivity contribution is 5.92. The molecule has 0 spiro atoms. The fourth-order valence-electron chi connectivity index (χ4n) is 2.34. The molecule has 1 N–H and O–H groups in total. The van der Waals surface area contributed by atoms with Crippen molar-refractivity contribution >= 4 is 12.0 Å². The van der Waals surface area contributed by atoms with E-state index in [2.05, 4.69) is 6.58 Å². The molecule has 0 heterocycles. The third-order valence-electron chi connectivity index (χ3n) is 4.07. The highest BCUT2D eigenvalue weighted by atomic mass is 16.5. The van der Waals surface area contributed by atoms with Gasteiger partial charge in [-0.15, -0.1) is 0 Å². The number of carboxylic acid groups (broad SMARTS) is 1. The first-order chi connectivity index (χ1) is 11.7. The van der Waals surface area contributed by atoms with Crippen LogP contribution in [-0.4, -0.2) is 18.2 Å². The van der Waals surface area contributed by atoms with Gasteiger partial charge in [-0.2, -0.15) is 0 Å². The van der Waals surface area contributed by atoms with Crippen LogP contribution in [0.2, 0.25) is 0 Å². The van der Waals surface area contributed by atoms with Crippen molar-refractivity contribution in [3.63, 3.8) is 0 Å². The number of ether oxygens (including phenoxy) is 1. The molecule has 3 heteroatoms. The van der Waals surface area contributed by atoms with Crippen molar-refractivity contribution in [3.05, 3.63) is 70.3 Å². The van der Waals surface area contributed by atoms with E-state index in [4.69, 9.17) is 4.74 Å². The predicted octanol–water partition coefficient (Wildman–Crippen LogP) is 5.64. The number of aliphatic carboxylic acids is 1. The van der Waals surface area contributed by atoms with Gasteiger partial charge in [0.25, 0.3) is 0 Å². The smallest absolute Gasteiger partial charge is 0.331 e. The lowest BCUT2D eigenvalue weighted by atomic mass is 9.98. The number of aryl methyl sites for hydroxylation is 1. The zero-order valence-electron chi connectivity index (χ0n) is 15.8. The first-order valence-corrected chi connectivity index (χ1v) is 8.33. The van der Waals surface area contributed by atoms with Gasteiger partial charge in [0.05, 0.1) is 7.11 Å². The molecule has 25 heavy (non-hydrogen) atoms. The number of benzene rings is 1. The number of carbonyl (C=O) groups is 1. The molecule has 0 aliphatic heterocycles. The van der Waals surface area contributed by atoms with Gasteiger partial charge in [0, 0.05) is 5.57 Å². The van der Waals surface area contributed by atoms with E-state index in [1.807, 2.05) is 58.1 Å². The number of methoxy groups -OCH3 is 1. The van der Waals surface area contributed by atoms with Crippen LogP contribution in [0.1, 0.15) is 43.4 Å². The first kappa shape index (κ1) is 20.5. The van der Waals surface area contributed by atoms with Crippen molar-refractivity contribution in [2.45, 2.75) is 40.5 Å². The molecule has 0 aliphatic carbocycles. The molecule has 0 saturated carbocycles. The van der Waals surface area contributed by atoms with Gasteiger partial charge >= 0.3 is 5.97 Å². The van der Waals surface area contributed by atoms with Gasteiger partial charge in [-0.05, 0) is 75.4 Å². The summed E-state index contributed by atoms with van der Waals surface area (Å²) in [4.78, 5) is 11.6. The third-order valence-corrected chi connectivity index (χ3v) is 4.07. The summed E-state index contributed by atoms with van der Waals surface area (Å²) in [5, 5.41) is 9.54. The van der Waals surface area contributed by atoms with Crippen molar-refractivity contribution in [2.75, 3.05) is 7.11 Å². The molecule has 0 unspecified atom stereocenters. The second-order valence-corrected chi connectivity index (χ2v) is 6.35. The molecule has 3 nitrogen and oxygen atoms in total. The summed E-state index contributed by atoms with van der Waals surface area (Å²) >= 11 is 0. The van der Waals surface area contributed by atoms with Crippen molar-refractivity contribution in [1.29, 1.82) is 0 Å². The lowest BCUT2D eigenvalue weighted by Crippen LogP contribution is -2.02. The molecular weight excluding hydrogens is 312 g/mol. The third kappa shape index (κ3) is 6.84. The second-order valence-electron chi connectivity index (χ2n) is 6.35. The predicted molar refractivity (Wildman–Crippen MR) is 105 cm³/mol. The summed E-state index contributed by atoms with van der Waals surface area (Å²) in [5.41, 5.74) is 5.54. The minimum absolute atomic E-state index is 0.396. The summed E-state index contributed by atoms with van der Waals surface area (Å²) in [6, 6.07) is 3.83. The van der Waals surface area contributed by atoms with Crippen LogP contribution in [0.5, 0.6) is 5.75 Å². The van der Waals surface area contributed by atoms with Gasteiger partial charge in [0.15, 0.2) is 0 Å². The van der Waals surface area contributed by atoms with E-state index in [0.717, 1.165) is 33.6 Å². The molecule has 1 rings (SSSR count). The number of hydrogen-bond acceptors (Lipinski definition) is 2. The molecule has 0 fully saturated rings. The SMILES string of the molecule is C=C(C)/C=C\C=C(/C)CC/C(=C\c1cc(OC)cc(C)c1C)C(=O)O. The Morgan fingerprint density at radius 2 is 1.92 bits per heavy atom. The van der Waals surface area contributed by atoms with Crippen molar-refractivity contribution in [3.8, 4) is 5.75 Å². The Balaban J connectivity index is 3.01. The van der Waals surface area contributed by atoms with Gasteiger partial charge in [-0.3, -0.25) is 0 Å². The molecule has 0 amide bonds. The summed E-state index contributed by atoms with van der Waals surface area (Å²) in [7, 11) is 1.61. The average Bonchev–Trinajstić information content (AvgIpc) is 2.54. The van der Waals surface area contributed by atoms with E-state index >= 15 is 0 Å². The zero-order valence-corrected chi connectivity index (χ0v) is 15.8. The summed E-state index contributed by atoms with van der Waals surface area (Å²) in [6.45, 7) is 11.7. The fourth-order valence-corrected chi connectivity index (χ4v) is 2.34. The van der Waals surface area contributed by atoms with Crippen LogP contribution in [-0.2, 0) is 4.79 Å². The van der Waals surface area contributed by atoms with Crippen LogP contribution in [0.25, 0.3) is 6.08 Å². The standard InChI is InChI=1S/C22H28O3/c1-15(2)8-7-9-16(3)10-11-19(22(23)24)13-20-14-21(25-6)12-17(4)18(20)5/h7-9,12-14H,1,10-11H2,2-6H3,(H,23,24)/b8-7-,16-9+,19-13+. The first-order valence-electron chi connectivity index (χ1n) is 8.33. The Kier molecular flexibility index (Phi) is 7.93. The molecule has 0 aliphatic rings. The van der Waals surface area contributed by atoms with Gasteiger partial charge in [0.1, 0.15) is 5.75 Å². The van der Waals surface area contributed by atoms with Gasteiger partial charge < -0.3 is 9.84 Å². The Morgan fingerprint density at radius 1 is 1.24 bits per heavy atom. The largest absolute Gasteiger partial charge is 0.497 e. The summed E-state index contributed by atoms with van der Waals surface area (Å²) < 4.78 is 5.29. The van der Waals surface area contributed by atoms with E-state index in [9.17, 15) is 9.90 Å². The highest BCUT2D eigenvalue weighted by Crippen LogP contribution is 2.25. The molecule has 0 saturated heterocycles. The molecular formula is C22H28O3. The maximum absolute atomic E-state index is 11.6. The Bertz CT molecular complexity index is 734. The topological polar surface area (TPSA) is 46.5 Å². The molecule has 0 atom stereocenters. The normalized spacial score (nSPS) is 12.5. The van der Waals surface area contributed by atoms with Crippen LogP contribution in [0.4, 0.5) is 0 Å². The van der Waals surface area contributed by atoms with Crippen LogP contribution in [0.3, 0.4) is 0 Å². The number of carboxylic acids is 1. The maximum Gasteiger partial charge on any atom is 0.331 e. The minimum atomic E-state index is -0.884.